The third-order valence-corrected chi connectivity index (χ3v) is 3.71. The number of carbonyl (C=O) groups excluding carboxylic acids is 1. The Labute approximate surface area is 143 Å². The van der Waals surface area contributed by atoms with Crippen LogP contribution in [0.3, 0.4) is 0 Å². The van der Waals surface area contributed by atoms with Crippen molar-refractivity contribution < 1.29 is 14.3 Å². The summed E-state index contributed by atoms with van der Waals surface area (Å²) in [6, 6.07) is 15.5. The van der Waals surface area contributed by atoms with Crippen molar-refractivity contribution in [3.8, 4) is 11.5 Å². The fourth-order valence-corrected chi connectivity index (χ4v) is 2.43. The van der Waals surface area contributed by atoms with Crippen molar-refractivity contribution in [2.45, 2.75) is 12.8 Å². The lowest BCUT2D eigenvalue weighted by atomic mass is 10.1. The summed E-state index contributed by atoms with van der Waals surface area (Å²) >= 11 is 0. The van der Waals surface area contributed by atoms with Crippen LogP contribution in [0.5, 0.6) is 11.5 Å². The normalized spacial score (nSPS) is 10.1. The van der Waals surface area contributed by atoms with Gasteiger partial charge in [-0.1, -0.05) is 30.3 Å². The second-order valence-corrected chi connectivity index (χ2v) is 5.35. The zero-order chi connectivity index (χ0) is 17.2. The number of hydrogen-bond donors (Lipinski definition) is 2. The zero-order valence-electron chi connectivity index (χ0n) is 14.2. The molecule has 2 aromatic carbocycles. The molecule has 0 saturated carbocycles. The zero-order valence-corrected chi connectivity index (χ0v) is 14.2. The molecule has 0 aromatic heterocycles. The fraction of sp³-hybridized carbons (Fsp3) is 0.316. The molecule has 5 nitrogen and oxygen atoms in total. The van der Waals surface area contributed by atoms with Crippen LogP contribution in [-0.2, 0) is 12.8 Å². The van der Waals surface area contributed by atoms with Gasteiger partial charge in [0, 0.05) is 13.1 Å². The highest BCUT2D eigenvalue weighted by atomic mass is 16.5. The minimum atomic E-state index is -0.159. The van der Waals surface area contributed by atoms with Crippen molar-refractivity contribution in [3.05, 3.63) is 59.7 Å². The van der Waals surface area contributed by atoms with Crippen molar-refractivity contribution in [3.63, 3.8) is 0 Å². The van der Waals surface area contributed by atoms with Gasteiger partial charge >= 0.3 is 6.03 Å². The van der Waals surface area contributed by atoms with E-state index >= 15 is 0 Å². The summed E-state index contributed by atoms with van der Waals surface area (Å²) in [6.45, 7) is 1.14. The van der Waals surface area contributed by atoms with Crippen LogP contribution < -0.4 is 20.1 Å². The van der Waals surface area contributed by atoms with Gasteiger partial charge in [0.1, 0.15) is 11.5 Å². The van der Waals surface area contributed by atoms with Crippen LogP contribution >= 0.6 is 0 Å². The van der Waals surface area contributed by atoms with Gasteiger partial charge in [-0.3, -0.25) is 0 Å². The highest BCUT2D eigenvalue weighted by Crippen LogP contribution is 2.17. The van der Waals surface area contributed by atoms with Crippen LogP contribution in [0.25, 0.3) is 0 Å². The molecule has 2 rings (SSSR count). The van der Waals surface area contributed by atoms with Gasteiger partial charge in [-0.05, 0) is 42.2 Å². The first-order valence-corrected chi connectivity index (χ1v) is 7.99. The maximum atomic E-state index is 11.8. The van der Waals surface area contributed by atoms with Crippen LogP contribution in [0, 0.1) is 0 Å². The number of urea groups is 1. The van der Waals surface area contributed by atoms with E-state index in [2.05, 4.69) is 10.6 Å². The Morgan fingerprint density at radius 3 is 2.42 bits per heavy atom. The van der Waals surface area contributed by atoms with E-state index in [1.54, 1.807) is 14.2 Å². The van der Waals surface area contributed by atoms with E-state index < -0.39 is 0 Å². The van der Waals surface area contributed by atoms with Crippen molar-refractivity contribution >= 4 is 6.03 Å². The lowest BCUT2D eigenvalue weighted by molar-refractivity contribution is 0.241. The van der Waals surface area contributed by atoms with Crippen molar-refractivity contribution in [2.75, 3.05) is 27.3 Å². The number of nitrogens with one attached hydrogen (secondary N) is 2. The smallest absolute Gasteiger partial charge is 0.314 e. The number of para-hydroxylation sites is 1. The first-order chi connectivity index (χ1) is 11.7. The number of rotatable bonds is 8. The maximum absolute atomic E-state index is 11.8. The van der Waals surface area contributed by atoms with Crippen LogP contribution in [0.1, 0.15) is 11.1 Å². The topological polar surface area (TPSA) is 59.6 Å². The lowest BCUT2D eigenvalue weighted by Gasteiger charge is -2.10. The molecule has 0 bridgehead atoms. The third-order valence-electron chi connectivity index (χ3n) is 3.71. The summed E-state index contributed by atoms with van der Waals surface area (Å²) in [5.74, 6) is 1.67. The number of carbonyl (C=O) groups is 1. The molecule has 0 atom stereocenters. The summed E-state index contributed by atoms with van der Waals surface area (Å²) in [5.41, 5.74) is 2.21. The van der Waals surface area contributed by atoms with Crippen LogP contribution in [-0.4, -0.2) is 33.3 Å². The molecular weight excluding hydrogens is 304 g/mol. The average Bonchev–Trinajstić information content (AvgIpc) is 2.62. The van der Waals surface area contributed by atoms with E-state index in [4.69, 9.17) is 9.47 Å². The minimum Gasteiger partial charge on any atom is -0.497 e. The molecule has 2 aromatic rings. The van der Waals surface area contributed by atoms with Crippen LogP contribution in [0.2, 0.25) is 0 Å². The summed E-state index contributed by atoms with van der Waals surface area (Å²) in [7, 11) is 3.30. The predicted octanol–water partition coefficient (Wildman–Crippen LogP) is 2.79. The molecule has 0 unspecified atom stereocenters. The molecule has 0 aliphatic rings. The number of amides is 2. The van der Waals surface area contributed by atoms with Gasteiger partial charge in [-0.15, -0.1) is 0 Å². The van der Waals surface area contributed by atoms with Gasteiger partial charge in [-0.2, -0.15) is 0 Å². The van der Waals surface area contributed by atoms with E-state index in [-0.39, 0.29) is 6.03 Å². The Kier molecular flexibility index (Phi) is 6.95. The van der Waals surface area contributed by atoms with E-state index in [1.807, 2.05) is 48.5 Å². The Bertz CT molecular complexity index is 659. The molecule has 0 spiro atoms. The standard InChI is InChI=1S/C19H24N2O3/c1-23-17-8-5-6-15(14-17)10-12-20-19(22)21-13-11-16-7-3-4-9-18(16)24-2/h3-9,14H,10-13H2,1-2H3,(H2,20,21,22). The van der Waals surface area contributed by atoms with Gasteiger partial charge in [0.25, 0.3) is 0 Å². The highest BCUT2D eigenvalue weighted by molar-refractivity contribution is 5.73. The largest absolute Gasteiger partial charge is 0.497 e. The molecular formula is C19H24N2O3. The minimum absolute atomic E-state index is 0.159. The van der Waals surface area contributed by atoms with Gasteiger partial charge in [0.2, 0.25) is 0 Å². The quantitative estimate of drug-likeness (QED) is 0.783. The molecule has 0 fully saturated rings. The van der Waals surface area contributed by atoms with Gasteiger partial charge in [0.05, 0.1) is 14.2 Å². The summed E-state index contributed by atoms with van der Waals surface area (Å²) in [6.07, 6.45) is 1.49. The lowest BCUT2D eigenvalue weighted by Crippen LogP contribution is -2.37. The van der Waals surface area contributed by atoms with E-state index in [9.17, 15) is 4.79 Å². The Morgan fingerprint density at radius 2 is 1.67 bits per heavy atom. The highest BCUT2D eigenvalue weighted by Gasteiger charge is 2.04. The first kappa shape index (κ1) is 17.7. The summed E-state index contributed by atoms with van der Waals surface area (Å²) in [5, 5.41) is 5.72. The van der Waals surface area contributed by atoms with Gasteiger partial charge < -0.3 is 20.1 Å². The third kappa shape index (κ3) is 5.50. The average molecular weight is 328 g/mol. The second-order valence-electron chi connectivity index (χ2n) is 5.35. The summed E-state index contributed by atoms with van der Waals surface area (Å²) in [4.78, 5) is 11.8. The molecule has 2 N–H and O–H groups in total. The Morgan fingerprint density at radius 1 is 0.917 bits per heavy atom. The van der Waals surface area contributed by atoms with Crippen molar-refractivity contribution in [2.24, 2.45) is 0 Å². The molecule has 0 radical (unpaired) electrons. The fourth-order valence-electron chi connectivity index (χ4n) is 2.43. The number of benzene rings is 2. The number of ether oxygens (including phenoxy) is 2. The maximum Gasteiger partial charge on any atom is 0.314 e. The monoisotopic (exact) mass is 328 g/mol. The van der Waals surface area contributed by atoms with E-state index in [0.717, 1.165) is 35.5 Å². The SMILES string of the molecule is COc1cccc(CCNC(=O)NCCc2ccccc2OC)c1. The van der Waals surface area contributed by atoms with Gasteiger partial charge in [0.15, 0.2) is 0 Å². The van der Waals surface area contributed by atoms with Crippen LogP contribution in [0.4, 0.5) is 4.79 Å². The van der Waals surface area contributed by atoms with Gasteiger partial charge in [-0.25, -0.2) is 4.79 Å². The molecule has 0 aliphatic carbocycles. The Hall–Kier alpha value is -2.69. The van der Waals surface area contributed by atoms with Crippen molar-refractivity contribution in [1.29, 1.82) is 0 Å². The summed E-state index contributed by atoms with van der Waals surface area (Å²) < 4.78 is 10.5. The number of hydrogen-bond acceptors (Lipinski definition) is 3. The van der Waals surface area contributed by atoms with E-state index in [0.29, 0.717) is 13.1 Å². The second kappa shape index (κ2) is 9.45. The van der Waals surface area contributed by atoms with E-state index in [1.165, 1.54) is 0 Å². The number of methoxy groups -OCH3 is 2. The first-order valence-electron chi connectivity index (χ1n) is 7.99. The molecule has 24 heavy (non-hydrogen) atoms. The van der Waals surface area contributed by atoms with Crippen molar-refractivity contribution in [1.82, 2.24) is 10.6 Å². The molecule has 2 amide bonds. The van der Waals surface area contributed by atoms with Crippen LogP contribution in [0.15, 0.2) is 48.5 Å². The molecule has 0 heterocycles. The molecule has 0 saturated heterocycles. The molecule has 5 heteroatoms. The molecule has 128 valence electrons. The Balaban J connectivity index is 1.68. The predicted molar refractivity (Wildman–Crippen MR) is 94.8 cm³/mol. The molecule has 0 aliphatic heterocycles.